The summed E-state index contributed by atoms with van der Waals surface area (Å²) in [6.45, 7) is 2.29. The van der Waals surface area contributed by atoms with Gasteiger partial charge in [0.15, 0.2) is 0 Å². The van der Waals surface area contributed by atoms with E-state index in [0.29, 0.717) is 6.61 Å². The molecular formula is C9H19NO2S. The highest BCUT2D eigenvalue weighted by molar-refractivity contribution is 7.98. The fourth-order valence-corrected chi connectivity index (χ4v) is 1.51. The van der Waals surface area contributed by atoms with Crippen LogP contribution in [-0.4, -0.2) is 49.6 Å². The Bertz CT molecular complexity index is 151. The minimum atomic E-state index is -0.110. The van der Waals surface area contributed by atoms with Crippen molar-refractivity contribution >= 4 is 17.7 Å². The number of rotatable bonds is 6. The quantitative estimate of drug-likeness (QED) is 0.610. The summed E-state index contributed by atoms with van der Waals surface area (Å²) in [7, 11) is 3.81. The van der Waals surface area contributed by atoms with E-state index in [1.165, 1.54) is 0 Å². The van der Waals surface area contributed by atoms with Crippen LogP contribution in [0.15, 0.2) is 0 Å². The fraction of sp³-hybridized carbons (Fsp3) is 0.889. The van der Waals surface area contributed by atoms with Gasteiger partial charge in [-0.2, -0.15) is 11.8 Å². The van der Waals surface area contributed by atoms with Gasteiger partial charge in [0.05, 0.1) is 6.61 Å². The van der Waals surface area contributed by atoms with Gasteiger partial charge in [0, 0.05) is 0 Å². The lowest BCUT2D eigenvalue weighted by Crippen LogP contribution is -2.37. The molecule has 0 bridgehead atoms. The van der Waals surface area contributed by atoms with E-state index in [-0.39, 0.29) is 12.0 Å². The molecule has 0 amide bonds. The first-order valence-electron chi connectivity index (χ1n) is 4.45. The summed E-state index contributed by atoms with van der Waals surface area (Å²) in [5.41, 5.74) is 0. The van der Waals surface area contributed by atoms with Gasteiger partial charge in [-0.1, -0.05) is 0 Å². The van der Waals surface area contributed by atoms with E-state index >= 15 is 0 Å². The van der Waals surface area contributed by atoms with Crippen molar-refractivity contribution in [2.75, 3.05) is 32.7 Å². The van der Waals surface area contributed by atoms with Gasteiger partial charge in [-0.3, -0.25) is 9.69 Å². The summed E-state index contributed by atoms with van der Waals surface area (Å²) in [5, 5.41) is 0. The van der Waals surface area contributed by atoms with Gasteiger partial charge in [0.25, 0.3) is 0 Å². The number of hydrogen-bond donors (Lipinski definition) is 0. The Morgan fingerprint density at radius 3 is 2.54 bits per heavy atom. The maximum atomic E-state index is 11.4. The molecule has 0 aromatic carbocycles. The molecule has 0 saturated heterocycles. The highest BCUT2D eigenvalue weighted by Gasteiger charge is 2.20. The number of hydrogen-bond acceptors (Lipinski definition) is 4. The Labute approximate surface area is 84.8 Å². The number of carbonyl (C=O) groups excluding carboxylic acids is 1. The lowest BCUT2D eigenvalue weighted by molar-refractivity contribution is -0.148. The van der Waals surface area contributed by atoms with Gasteiger partial charge in [-0.05, 0) is 39.4 Å². The van der Waals surface area contributed by atoms with E-state index < -0.39 is 0 Å². The van der Waals surface area contributed by atoms with Gasteiger partial charge in [-0.25, -0.2) is 0 Å². The van der Waals surface area contributed by atoms with E-state index in [9.17, 15) is 4.79 Å². The highest BCUT2D eigenvalue weighted by Crippen LogP contribution is 2.06. The Morgan fingerprint density at radius 1 is 1.54 bits per heavy atom. The Morgan fingerprint density at radius 2 is 2.15 bits per heavy atom. The number of nitrogens with zero attached hydrogens (tertiary/aromatic N) is 1. The van der Waals surface area contributed by atoms with Crippen LogP contribution >= 0.6 is 11.8 Å². The van der Waals surface area contributed by atoms with Crippen LogP contribution in [0.3, 0.4) is 0 Å². The third-order valence-corrected chi connectivity index (χ3v) is 2.42. The average Bonchev–Trinajstić information content (AvgIpc) is 2.05. The molecule has 3 nitrogen and oxygen atoms in total. The third kappa shape index (κ3) is 5.16. The molecule has 78 valence electrons. The van der Waals surface area contributed by atoms with Crippen molar-refractivity contribution in [2.24, 2.45) is 0 Å². The second-order valence-corrected chi connectivity index (χ2v) is 4.00. The standard InChI is InChI=1S/C9H19NO2S/c1-5-12-9(11)8(10(2)3)6-7-13-4/h8H,5-7H2,1-4H3/t8-/m1/s1. The summed E-state index contributed by atoms with van der Waals surface area (Å²) >= 11 is 1.75. The SMILES string of the molecule is CCOC(=O)[C@@H](CCSC)N(C)C. The van der Waals surface area contributed by atoms with Crippen molar-refractivity contribution in [1.82, 2.24) is 4.90 Å². The van der Waals surface area contributed by atoms with Gasteiger partial charge < -0.3 is 4.74 Å². The molecular weight excluding hydrogens is 186 g/mol. The zero-order chi connectivity index (χ0) is 10.3. The molecule has 0 aliphatic rings. The third-order valence-electron chi connectivity index (χ3n) is 1.78. The maximum absolute atomic E-state index is 11.4. The zero-order valence-electron chi connectivity index (χ0n) is 8.87. The van der Waals surface area contributed by atoms with E-state index in [4.69, 9.17) is 4.74 Å². The van der Waals surface area contributed by atoms with Crippen LogP contribution in [0.4, 0.5) is 0 Å². The first kappa shape index (κ1) is 12.8. The molecule has 0 aliphatic heterocycles. The Balaban J connectivity index is 3.99. The van der Waals surface area contributed by atoms with Crippen LogP contribution in [0, 0.1) is 0 Å². The number of carbonyl (C=O) groups is 1. The molecule has 0 aromatic rings. The van der Waals surface area contributed by atoms with Crippen LogP contribution in [-0.2, 0) is 9.53 Å². The molecule has 0 aliphatic carbocycles. The monoisotopic (exact) mass is 205 g/mol. The lowest BCUT2D eigenvalue weighted by Gasteiger charge is -2.21. The van der Waals surface area contributed by atoms with E-state index in [2.05, 4.69) is 0 Å². The molecule has 0 N–H and O–H groups in total. The van der Waals surface area contributed by atoms with Crippen molar-refractivity contribution in [1.29, 1.82) is 0 Å². The second-order valence-electron chi connectivity index (χ2n) is 3.01. The molecule has 1 atom stereocenters. The van der Waals surface area contributed by atoms with Crippen molar-refractivity contribution in [3.8, 4) is 0 Å². The fourth-order valence-electron chi connectivity index (χ4n) is 1.05. The summed E-state index contributed by atoms with van der Waals surface area (Å²) in [4.78, 5) is 13.3. The number of ether oxygens (including phenoxy) is 1. The molecule has 0 spiro atoms. The summed E-state index contributed by atoms with van der Waals surface area (Å²) in [6, 6.07) is -0.0904. The second kappa shape index (κ2) is 7.21. The van der Waals surface area contributed by atoms with E-state index in [0.717, 1.165) is 12.2 Å². The normalized spacial score (nSPS) is 13.0. The highest BCUT2D eigenvalue weighted by atomic mass is 32.2. The van der Waals surface area contributed by atoms with Crippen molar-refractivity contribution in [3.63, 3.8) is 0 Å². The Hall–Kier alpha value is -0.220. The van der Waals surface area contributed by atoms with Crippen LogP contribution in [0.1, 0.15) is 13.3 Å². The van der Waals surface area contributed by atoms with Gasteiger partial charge in [0.1, 0.15) is 6.04 Å². The average molecular weight is 205 g/mol. The first-order chi connectivity index (χ1) is 6.13. The van der Waals surface area contributed by atoms with Gasteiger partial charge >= 0.3 is 5.97 Å². The molecule has 0 heterocycles. The molecule has 0 fully saturated rings. The topological polar surface area (TPSA) is 29.5 Å². The lowest BCUT2D eigenvalue weighted by atomic mass is 10.2. The number of thioether (sulfide) groups is 1. The van der Waals surface area contributed by atoms with Crippen molar-refractivity contribution < 1.29 is 9.53 Å². The summed E-state index contributed by atoms with van der Waals surface area (Å²) in [5.74, 6) is 0.878. The predicted octanol–water partition coefficient (Wildman–Crippen LogP) is 1.23. The van der Waals surface area contributed by atoms with Gasteiger partial charge in [-0.15, -0.1) is 0 Å². The van der Waals surface area contributed by atoms with Crippen LogP contribution in [0.25, 0.3) is 0 Å². The summed E-state index contributed by atoms with van der Waals surface area (Å²) in [6.07, 6.45) is 2.89. The van der Waals surface area contributed by atoms with E-state index in [1.807, 2.05) is 32.2 Å². The number of esters is 1. The molecule has 13 heavy (non-hydrogen) atoms. The van der Waals surface area contributed by atoms with Crippen molar-refractivity contribution in [2.45, 2.75) is 19.4 Å². The van der Waals surface area contributed by atoms with E-state index in [1.54, 1.807) is 11.8 Å². The molecule has 0 saturated carbocycles. The minimum absolute atomic E-state index is 0.0904. The molecule has 0 radical (unpaired) electrons. The van der Waals surface area contributed by atoms with Crippen molar-refractivity contribution in [3.05, 3.63) is 0 Å². The molecule has 0 rings (SSSR count). The van der Waals surface area contributed by atoms with Gasteiger partial charge in [0.2, 0.25) is 0 Å². The molecule has 0 aromatic heterocycles. The predicted molar refractivity (Wildman–Crippen MR) is 57.1 cm³/mol. The van der Waals surface area contributed by atoms with Crippen LogP contribution < -0.4 is 0 Å². The summed E-state index contributed by atoms with van der Waals surface area (Å²) < 4.78 is 4.97. The van der Waals surface area contributed by atoms with Crippen LogP contribution in [0.2, 0.25) is 0 Å². The number of likely N-dealkylation sites (N-methyl/N-ethyl adjacent to an activating group) is 1. The maximum Gasteiger partial charge on any atom is 0.323 e. The minimum Gasteiger partial charge on any atom is -0.465 e. The zero-order valence-corrected chi connectivity index (χ0v) is 9.69. The van der Waals surface area contributed by atoms with Crippen LogP contribution in [0.5, 0.6) is 0 Å². The molecule has 4 heteroatoms. The largest absolute Gasteiger partial charge is 0.465 e. The molecule has 0 unspecified atom stereocenters. The first-order valence-corrected chi connectivity index (χ1v) is 5.84. The smallest absolute Gasteiger partial charge is 0.323 e. The Kier molecular flexibility index (Phi) is 7.09.